The van der Waals surface area contributed by atoms with E-state index in [1.54, 1.807) is 6.07 Å². The first kappa shape index (κ1) is 18.7. The minimum Gasteiger partial charge on any atom is -0.481 e. The Morgan fingerprint density at radius 1 is 1.20 bits per heavy atom. The largest absolute Gasteiger partial charge is 0.481 e. The van der Waals surface area contributed by atoms with Crippen LogP contribution >= 0.6 is 0 Å². The Hall–Kier alpha value is -2.68. The van der Waals surface area contributed by atoms with Crippen molar-refractivity contribution in [1.29, 1.82) is 0 Å². The second kappa shape index (κ2) is 7.47. The molecule has 0 aliphatic heterocycles. The van der Waals surface area contributed by atoms with Crippen LogP contribution in [0.15, 0.2) is 41.7 Å². The Labute approximate surface area is 146 Å². The van der Waals surface area contributed by atoms with Gasteiger partial charge < -0.3 is 9.84 Å². The highest BCUT2D eigenvalue weighted by Gasteiger charge is 2.28. The molecule has 2 rings (SSSR count). The maximum Gasteiger partial charge on any atom is 0.324 e. The van der Waals surface area contributed by atoms with Crippen LogP contribution in [0.3, 0.4) is 0 Å². The molecule has 0 aliphatic rings. The zero-order valence-electron chi connectivity index (χ0n) is 14.1. The summed E-state index contributed by atoms with van der Waals surface area (Å²) in [5, 5.41) is 8.87. The van der Waals surface area contributed by atoms with Crippen LogP contribution in [0.4, 0.5) is 5.69 Å². The molecular formula is C16H19N3O5S. The van der Waals surface area contributed by atoms with Gasteiger partial charge in [-0.05, 0) is 23.6 Å². The fourth-order valence-corrected chi connectivity index (χ4v) is 3.40. The maximum atomic E-state index is 12.8. The summed E-state index contributed by atoms with van der Waals surface area (Å²) in [6.45, 7) is 3.18. The molecule has 0 saturated heterocycles. The van der Waals surface area contributed by atoms with Crippen molar-refractivity contribution in [1.82, 2.24) is 9.97 Å². The first-order chi connectivity index (χ1) is 11.8. The van der Waals surface area contributed by atoms with Gasteiger partial charge in [-0.1, -0.05) is 19.9 Å². The smallest absolute Gasteiger partial charge is 0.324 e. The molecule has 134 valence electrons. The van der Waals surface area contributed by atoms with Crippen molar-refractivity contribution in [3.8, 4) is 5.88 Å². The lowest BCUT2D eigenvalue weighted by atomic mass is 10.1. The van der Waals surface area contributed by atoms with Crippen LogP contribution in [0.2, 0.25) is 0 Å². The molecule has 0 radical (unpaired) electrons. The number of carbonyl (C=O) groups is 1. The van der Waals surface area contributed by atoms with E-state index in [9.17, 15) is 13.2 Å². The molecule has 0 atom stereocenters. The van der Waals surface area contributed by atoms with Gasteiger partial charge in [0.15, 0.2) is 5.03 Å². The molecule has 0 fully saturated rings. The highest BCUT2D eigenvalue weighted by Crippen LogP contribution is 2.24. The molecule has 0 amide bonds. The number of hydrogen-bond acceptors (Lipinski definition) is 6. The van der Waals surface area contributed by atoms with Crippen LogP contribution in [0.1, 0.15) is 25.3 Å². The lowest BCUT2D eigenvalue weighted by molar-refractivity contribution is -0.135. The molecule has 2 aromatic heterocycles. The number of aliphatic carboxylic acids is 1. The van der Waals surface area contributed by atoms with E-state index in [4.69, 9.17) is 9.84 Å². The van der Waals surface area contributed by atoms with E-state index in [0.717, 1.165) is 9.87 Å². The van der Waals surface area contributed by atoms with E-state index in [0.29, 0.717) is 0 Å². The van der Waals surface area contributed by atoms with Crippen molar-refractivity contribution >= 4 is 21.7 Å². The van der Waals surface area contributed by atoms with Gasteiger partial charge in [-0.25, -0.2) is 9.97 Å². The first-order valence-electron chi connectivity index (χ1n) is 7.46. The number of anilines is 1. The Morgan fingerprint density at radius 2 is 1.92 bits per heavy atom. The molecule has 2 aromatic rings. The van der Waals surface area contributed by atoms with Crippen molar-refractivity contribution in [2.45, 2.75) is 24.8 Å². The molecule has 1 N–H and O–H groups in total. The molecule has 0 unspecified atom stereocenters. The van der Waals surface area contributed by atoms with Gasteiger partial charge in [-0.2, -0.15) is 8.42 Å². The summed E-state index contributed by atoms with van der Waals surface area (Å²) in [7, 11) is -2.73. The summed E-state index contributed by atoms with van der Waals surface area (Å²) < 4.78 is 31.4. The summed E-state index contributed by atoms with van der Waals surface area (Å²) in [4.78, 5) is 19.1. The number of rotatable bonds is 7. The Kier molecular flexibility index (Phi) is 5.58. The monoisotopic (exact) mass is 365 g/mol. The van der Waals surface area contributed by atoms with Gasteiger partial charge in [0.2, 0.25) is 5.88 Å². The lowest BCUT2D eigenvalue weighted by Crippen LogP contribution is -2.36. The van der Waals surface area contributed by atoms with Crippen LogP contribution in [0.25, 0.3) is 0 Å². The molecule has 2 heterocycles. The second-order valence-corrected chi connectivity index (χ2v) is 7.36. The number of carboxylic acid groups (broad SMARTS) is 1. The van der Waals surface area contributed by atoms with E-state index >= 15 is 0 Å². The molecule has 0 bridgehead atoms. The molecule has 0 saturated carbocycles. The van der Waals surface area contributed by atoms with E-state index < -0.39 is 22.5 Å². The number of carboxylic acids is 1. The Balaban J connectivity index is 2.45. The summed E-state index contributed by atoms with van der Waals surface area (Å²) in [6, 6.07) is 5.91. The number of hydrogen-bond donors (Lipinski definition) is 1. The zero-order chi connectivity index (χ0) is 18.6. The van der Waals surface area contributed by atoms with Crippen LogP contribution in [0.5, 0.6) is 5.88 Å². The van der Waals surface area contributed by atoms with Crippen LogP contribution in [-0.4, -0.2) is 43.1 Å². The number of methoxy groups -OCH3 is 1. The lowest BCUT2D eigenvalue weighted by Gasteiger charge is -2.22. The van der Waals surface area contributed by atoms with Gasteiger partial charge in [0, 0.05) is 12.3 Å². The summed E-state index contributed by atoms with van der Waals surface area (Å²) in [6.07, 6.45) is 2.71. The van der Waals surface area contributed by atoms with Gasteiger partial charge >= 0.3 is 5.97 Å². The third-order valence-corrected chi connectivity index (χ3v) is 5.17. The average molecular weight is 365 g/mol. The van der Waals surface area contributed by atoms with Gasteiger partial charge in [0.05, 0.1) is 19.0 Å². The standard InChI is InChI=1S/C16H19N3O5S/c1-11(2)12-4-7-15(18-8-12)25(22,23)19(10-16(20)21)13-5-6-14(24-3)17-9-13/h4-9,11H,10H2,1-3H3,(H,20,21). The fourth-order valence-electron chi connectivity index (χ4n) is 2.08. The van der Waals surface area contributed by atoms with E-state index in [2.05, 4.69) is 9.97 Å². The third-order valence-electron chi connectivity index (χ3n) is 3.48. The van der Waals surface area contributed by atoms with E-state index in [1.165, 1.54) is 37.7 Å². The quantitative estimate of drug-likeness (QED) is 0.798. The molecular weight excluding hydrogens is 346 g/mol. The van der Waals surface area contributed by atoms with Gasteiger partial charge in [0.1, 0.15) is 6.54 Å². The topological polar surface area (TPSA) is 110 Å². The van der Waals surface area contributed by atoms with Gasteiger partial charge in [-0.15, -0.1) is 0 Å². The molecule has 0 aliphatic carbocycles. The normalized spacial score (nSPS) is 11.4. The SMILES string of the molecule is COc1ccc(N(CC(=O)O)S(=O)(=O)c2ccc(C(C)C)cn2)cn1. The highest BCUT2D eigenvalue weighted by molar-refractivity contribution is 7.92. The van der Waals surface area contributed by atoms with E-state index in [-0.39, 0.29) is 22.5 Å². The summed E-state index contributed by atoms with van der Waals surface area (Å²) in [5.41, 5.74) is 0.993. The molecule has 0 spiro atoms. The number of nitrogens with zero attached hydrogens (tertiary/aromatic N) is 3. The third kappa shape index (κ3) is 4.24. The number of sulfonamides is 1. The minimum absolute atomic E-state index is 0.109. The summed E-state index contributed by atoms with van der Waals surface area (Å²) >= 11 is 0. The van der Waals surface area contributed by atoms with Gasteiger partial charge in [-0.3, -0.25) is 9.10 Å². The van der Waals surface area contributed by atoms with Crippen molar-refractivity contribution in [3.63, 3.8) is 0 Å². The van der Waals surface area contributed by atoms with Crippen molar-refractivity contribution in [2.24, 2.45) is 0 Å². The maximum absolute atomic E-state index is 12.8. The molecule has 25 heavy (non-hydrogen) atoms. The van der Waals surface area contributed by atoms with Crippen molar-refractivity contribution in [2.75, 3.05) is 18.0 Å². The highest BCUT2D eigenvalue weighted by atomic mass is 32.2. The summed E-state index contributed by atoms with van der Waals surface area (Å²) in [5.74, 6) is -0.806. The second-order valence-electron chi connectivity index (χ2n) is 5.55. The zero-order valence-corrected chi connectivity index (χ0v) is 14.9. The predicted molar refractivity (Wildman–Crippen MR) is 91.3 cm³/mol. The Bertz CT molecular complexity index is 833. The fraction of sp³-hybridized carbons (Fsp3) is 0.312. The molecule has 0 aromatic carbocycles. The van der Waals surface area contributed by atoms with Crippen molar-refractivity contribution in [3.05, 3.63) is 42.2 Å². The molecule has 8 nitrogen and oxygen atoms in total. The van der Waals surface area contributed by atoms with Crippen molar-refractivity contribution < 1.29 is 23.1 Å². The first-order valence-corrected chi connectivity index (χ1v) is 8.90. The number of pyridine rings is 2. The van der Waals surface area contributed by atoms with Crippen LogP contribution < -0.4 is 9.04 Å². The predicted octanol–water partition coefficient (Wildman–Crippen LogP) is 1.89. The molecule has 9 heteroatoms. The Morgan fingerprint density at radius 3 is 2.36 bits per heavy atom. The van der Waals surface area contributed by atoms with Gasteiger partial charge in [0.25, 0.3) is 10.0 Å². The number of ether oxygens (including phenoxy) is 1. The van der Waals surface area contributed by atoms with Crippen LogP contribution in [0, 0.1) is 0 Å². The van der Waals surface area contributed by atoms with Crippen LogP contribution in [-0.2, 0) is 14.8 Å². The number of aromatic nitrogens is 2. The van der Waals surface area contributed by atoms with E-state index in [1.807, 2.05) is 13.8 Å². The average Bonchev–Trinajstić information content (AvgIpc) is 2.59. The minimum atomic E-state index is -4.15.